The number of pyridine rings is 1. The van der Waals surface area contributed by atoms with Gasteiger partial charge in [0.25, 0.3) is 0 Å². The normalized spacial score (nSPS) is 11.0. The number of carbonyl (C=O) groups excluding carboxylic acids is 2. The summed E-state index contributed by atoms with van der Waals surface area (Å²) in [5.41, 5.74) is 4.52. The number of hydrogen-bond acceptors (Lipinski definition) is 8. The van der Waals surface area contributed by atoms with Gasteiger partial charge in [-0.25, -0.2) is 4.98 Å². The summed E-state index contributed by atoms with van der Waals surface area (Å²) in [5, 5.41) is 12.1. The van der Waals surface area contributed by atoms with Gasteiger partial charge in [0.15, 0.2) is 23.1 Å². The molecule has 2 aromatic carbocycles. The van der Waals surface area contributed by atoms with Crippen molar-refractivity contribution in [3.05, 3.63) is 76.3 Å². The van der Waals surface area contributed by atoms with E-state index in [9.17, 15) is 9.59 Å². The number of ether oxygens (including phenoxy) is 3. The fourth-order valence-electron chi connectivity index (χ4n) is 4.15. The molecular weight excluding hydrogens is 490 g/mol. The second kappa shape index (κ2) is 12.1. The van der Waals surface area contributed by atoms with Crippen LogP contribution >= 0.6 is 11.3 Å². The van der Waals surface area contributed by atoms with E-state index in [4.69, 9.17) is 24.3 Å². The summed E-state index contributed by atoms with van der Waals surface area (Å²) in [7, 11) is 3.11. The Morgan fingerprint density at radius 2 is 1.81 bits per heavy atom. The summed E-state index contributed by atoms with van der Waals surface area (Å²) in [5.74, 6) is 0.442. The number of ketones is 2. The number of methoxy groups -OCH3 is 2. The third kappa shape index (κ3) is 5.88. The second-order valence-corrected chi connectivity index (χ2v) is 9.40. The first-order valence-electron chi connectivity index (χ1n) is 11.9. The number of aryl methyl sites for hydroxylation is 1. The fraction of sp³-hybridized carbons (Fsp3) is 0.276. The fourth-order valence-corrected chi connectivity index (χ4v) is 5.18. The van der Waals surface area contributed by atoms with Crippen LogP contribution in [-0.2, 0) is 11.3 Å². The molecule has 0 fully saturated rings. The molecule has 0 bridgehead atoms. The van der Waals surface area contributed by atoms with E-state index in [0.29, 0.717) is 29.4 Å². The van der Waals surface area contributed by atoms with Gasteiger partial charge >= 0.3 is 0 Å². The van der Waals surface area contributed by atoms with Crippen LogP contribution in [0.4, 0.5) is 0 Å². The van der Waals surface area contributed by atoms with Crippen molar-refractivity contribution in [1.29, 1.82) is 0 Å². The summed E-state index contributed by atoms with van der Waals surface area (Å²) in [6.07, 6.45) is 0.0692. The van der Waals surface area contributed by atoms with Crippen LogP contribution in [0.3, 0.4) is 0 Å². The van der Waals surface area contributed by atoms with Crippen LogP contribution in [0, 0.1) is 6.92 Å². The lowest BCUT2D eigenvalue weighted by atomic mass is 10.0. The molecule has 0 radical (unpaired) electrons. The van der Waals surface area contributed by atoms with E-state index in [0.717, 1.165) is 22.2 Å². The molecule has 7 nitrogen and oxygen atoms in total. The van der Waals surface area contributed by atoms with E-state index >= 15 is 0 Å². The van der Waals surface area contributed by atoms with Gasteiger partial charge in [-0.2, -0.15) is 0 Å². The van der Waals surface area contributed by atoms with E-state index in [2.05, 4.69) is 24.4 Å². The third-order valence-corrected chi connectivity index (χ3v) is 7.16. The van der Waals surface area contributed by atoms with Gasteiger partial charge < -0.3 is 19.3 Å². The maximum absolute atomic E-state index is 13.1. The monoisotopic (exact) mass is 519 g/mol. The van der Waals surface area contributed by atoms with Crippen molar-refractivity contribution in [2.75, 3.05) is 27.4 Å². The maximum atomic E-state index is 13.1. The second-order valence-electron chi connectivity index (χ2n) is 8.52. The van der Waals surface area contributed by atoms with Gasteiger partial charge in [-0.05, 0) is 36.8 Å². The third-order valence-electron chi connectivity index (χ3n) is 6.03. The molecule has 1 N–H and O–H groups in total. The van der Waals surface area contributed by atoms with E-state index in [1.165, 1.54) is 17.4 Å². The highest BCUT2D eigenvalue weighted by Gasteiger charge is 2.18. The number of nitrogens with zero attached hydrogens (tertiary/aromatic N) is 1. The highest BCUT2D eigenvalue weighted by molar-refractivity contribution is 7.18. The first kappa shape index (κ1) is 26.5. The predicted octanol–water partition coefficient (Wildman–Crippen LogP) is 5.64. The Hall–Kier alpha value is -3.59. The molecule has 2 aromatic heterocycles. The molecule has 0 unspecified atom stereocenters. The molecule has 0 aliphatic carbocycles. The number of carbonyl (C=O) groups is 2. The Morgan fingerprint density at radius 1 is 1.00 bits per heavy atom. The van der Waals surface area contributed by atoms with Crippen LogP contribution < -0.4 is 9.47 Å². The smallest absolute Gasteiger partial charge is 0.181 e. The van der Waals surface area contributed by atoms with E-state index in [1.54, 1.807) is 42.7 Å². The number of aliphatic hydroxyl groups is 1. The van der Waals surface area contributed by atoms with Gasteiger partial charge in [0.1, 0.15) is 12.3 Å². The SMILES string of the molecule is COCc1ccc(C(=O)CCC(=O)c2ccc(OCCO)c(OC)c2)nc1-c1csc2c(C)cccc12. The van der Waals surface area contributed by atoms with Crippen LogP contribution in [0.25, 0.3) is 21.3 Å². The molecule has 37 heavy (non-hydrogen) atoms. The maximum Gasteiger partial charge on any atom is 0.181 e. The largest absolute Gasteiger partial charge is 0.493 e. The lowest BCUT2D eigenvalue weighted by Gasteiger charge is -2.11. The van der Waals surface area contributed by atoms with Crippen LogP contribution in [0.2, 0.25) is 0 Å². The quantitative estimate of drug-likeness (QED) is 0.242. The Balaban J connectivity index is 1.54. The van der Waals surface area contributed by atoms with Crippen LogP contribution in [0.1, 0.15) is 44.8 Å². The zero-order chi connectivity index (χ0) is 26.4. The van der Waals surface area contributed by atoms with E-state index in [-0.39, 0.29) is 37.6 Å². The predicted molar refractivity (Wildman–Crippen MR) is 144 cm³/mol. The van der Waals surface area contributed by atoms with Crippen molar-refractivity contribution in [3.8, 4) is 22.8 Å². The molecule has 0 amide bonds. The number of Topliss-reactive ketones (excluding diaryl/α,β-unsaturated/α-hetero) is 2. The van der Waals surface area contributed by atoms with Gasteiger partial charge in [0.05, 0.1) is 26.0 Å². The van der Waals surface area contributed by atoms with Gasteiger partial charge in [0, 0.05) is 52.1 Å². The van der Waals surface area contributed by atoms with Crippen LogP contribution in [-0.4, -0.2) is 49.1 Å². The molecule has 4 aromatic rings. The topological polar surface area (TPSA) is 95.0 Å². The number of aliphatic hydroxyl groups excluding tert-OH is 1. The minimum atomic E-state index is -0.204. The average Bonchev–Trinajstić information content (AvgIpc) is 3.36. The molecule has 0 aliphatic rings. The summed E-state index contributed by atoms with van der Waals surface area (Å²) in [6.45, 7) is 2.44. The Morgan fingerprint density at radius 3 is 2.57 bits per heavy atom. The Kier molecular flexibility index (Phi) is 8.66. The van der Waals surface area contributed by atoms with Crippen molar-refractivity contribution in [2.24, 2.45) is 0 Å². The highest BCUT2D eigenvalue weighted by Crippen LogP contribution is 2.36. The number of rotatable bonds is 12. The number of thiophene rings is 1. The van der Waals surface area contributed by atoms with E-state index in [1.807, 2.05) is 12.1 Å². The molecule has 192 valence electrons. The molecule has 0 aliphatic heterocycles. The molecule has 0 spiro atoms. The lowest BCUT2D eigenvalue weighted by Crippen LogP contribution is -2.09. The molecule has 0 saturated carbocycles. The molecule has 2 heterocycles. The number of fused-ring (bicyclic) bond motifs is 1. The first-order chi connectivity index (χ1) is 18.0. The summed E-state index contributed by atoms with van der Waals surface area (Å²) in [6, 6.07) is 14.6. The van der Waals surface area contributed by atoms with Gasteiger partial charge in [0.2, 0.25) is 0 Å². The molecule has 0 atom stereocenters. The van der Waals surface area contributed by atoms with Gasteiger partial charge in [-0.1, -0.05) is 24.3 Å². The van der Waals surface area contributed by atoms with E-state index < -0.39 is 0 Å². The summed E-state index contributed by atoms with van der Waals surface area (Å²) < 4.78 is 17.3. The lowest BCUT2D eigenvalue weighted by molar-refractivity contribution is 0.0914. The zero-order valence-electron chi connectivity index (χ0n) is 21.1. The first-order valence-corrected chi connectivity index (χ1v) is 12.8. The number of aromatic nitrogens is 1. The number of hydrogen-bond donors (Lipinski definition) is 1. The molecule has 4 rings (SSSR count). The Labute approximate surface area is 219 Å². The standard InChI is InChI=1S/C29H29NO6S/c1-18-5-4-6-21-22(17-37-29(18)21)28-20(16-34-2)7-9-23(30-28)25(33)11-10-24(32)19-8-12-26(36-14-13-31)27(15-19)35-3/h4-9,12,15,17,31H,10-11,13-14,16H2,1-3H3. The van der Waals surface area contributed by atoms with Crippen molar-refractivity contribution >= 4 is 33.0 Å². The molecular formula is C29H29NO6S. The van der Waals surface area contributed by atoms with Gasteiger partial charge in [-0.15, -0.1) is 11.3 Å². The minimum absolute atomic E-state index is 0.0312. The van der Waals surface area contributed by atoms with Crippen LogP contribution in [0.15, 0.2) is 53.9 Å². The van der Waals surface area contributed by atoms with Gasteiger partial charge in [-0.3, -0.25) is 9.59 Å². The van der Waals surface area contributed by atoms with Crippen LogP contribution in [0.5, 0.6) is 11.5 Å². The minimum Gasteiger partial charge on any atom is -0.493 e. The van der Waals surface area contributed by atoms with Crippen molar-refractivity contribution in [1.82, 2.24) is 4.98 Å². The van der Waals surface area contributed by atoms with Crippen molar-refractivity contribution in [3.63, 3.8) is 0 Å². The zero-order valence-corrected chi connectivity index (χ0v) is 21.9. The summed E-state index contributed by atoms with van der Waals surface area (Å²) >= 11 is 1.65. The molecule has 0 saturated heterocycles. The van der Waals surface area contributed by atoms with Crippen molar-refractivity contribution < 1.29 is 28.9 Å². The molecule has 8 heteroatoms. The summed E-state index contributed by atoms with van der Waals surface area (Å²) in [4.78, 5) is 30.6. The average molecular weight is 520 g/mol. The Bertz CT molecular complexity index is 1430. The van der Waals surface area contributed by atoms with Crippen molar-refractivity contribution in [2.45, 2.75) is 26.4 Å². The highest BCUT2D eigenvalue weighted by atomic mass is 32.1. The number of benzene rings is 2.